The number of hydrogen-bond donors (Lipinski definition) is 1. The highest BCUT2D eigenvalue weighted by Crippen LogP contribution is 2.22. The number of amides is 1. The van der Waals surface area contributed by atoms with E-state index in [9.17, 15) is 23.7 Å². The molecule has 1 aromatic carbocycles. The average Bonchev–Trinajstić information content (AvgIpc) is 2.29. The fraction of sp³-hybridized carbons (Fsp3) is 0.462. The van der Waals surface area contributed by atoms with E-state index in [4.69, 9.17) is 0 Å². The Balaban J connectivity index is 2.92. The van der Waals surface area contributed by atoms with E-state index in [2.05, 4.69) is 5.32 Å². The van der Waals surface area contributed by atoms with Crippen LogP contribution in [-0.4, -0.2) is 17.4 Å². The predicted octanol–water partition coefficient (Wildman–Crippen LogP) is 3.04. The maximum Gasteiger partial charge on any atom is 0.285 e. The van der Waals surface area contributed by atoms with Crippen molar-refractivity contribution >= 4 is 11.6 Å². The Kier molecular flexibility index (Phi) is 4.75. The summed E-state index contributed by atoms with van der Waals surface area (Å²) in [5.74, 6) is -3.45. The molecular weight excluding hydrogens is 270 g/mol. The summed E-state index contributed by atoms with van der Waals surface area (Å²) < 4.78 is 26.1. The van der Waals surface area contributed by atoms with Crippen LogP contribution in [0.1, 0.15) is 37.6 Å². The van der Waals surface area contributed by atoms with Crippen LogP contribution in [-0.2, 0) is 0 Å². The predicted molar refractivity (Wildman–Crippen MR) is 69.4 cm³/mol. The minimum Gasteiger partial charge on any atom is -0.352 e. The van der Waals surface area contributed by atoms with E-state index >= 15 is 0 Å². The van der Waals surface area contributed by atoms with Crippen molar-refractivity contribution < 1.29 is 18.5 Å². The molecule has 0 fully saturated rings. The Labute approximate surface area is 115 Å². The molecule has 1 aromatic rings. The lowest BCUT2D eigenvalue weighted by molar-refractivity contribution is -0.385. The third kappa shape index (κ3) is 4.25. The molecule has 0 bridgehead atoms. The molecule has 0 atom stereocenters. The number of nitrogens with one attached hydrogen (secondary N) is 1. The normalized spacial score (nSPS) is 11.2. The Morgan fingerprint density at radius 3 is 2.35 bits per heavy atom. The van der Waals surface area contributed by atoms with Crippen LogP contribution in [0.4, 0.5) is 14.5 Å². The second-order valence-corrected chi connectivity index (χ2v) is 5.61. The van der Waals surface area contributed by atoms with Crippen molar-refractivity contribution in [1.29, 1.82) is 0 Å². The summed E-state index contributed by atoms with van der Waals surface area (Å²) in [7, 11) is 0. The van der Waals surface area contributed by atoms with Crippen molar-refractivity contribution in [2.45, 2.75) is 27.2 Å². The van der Waals surface area contributed by atoms with Crippen LogP contribution in [0.5, 0.6) is 0 Å². The van der Waals surface area contributed by atoms with Crippen molar-refractivity contribution in [1.82, 2.24) is 5.32 Å². The molecule has 0 saturated carbocycles. The molecule has 0 aliphatic rings. The molecule has 1 N–H and O–H groups in total. The quantitative estimate of drug-likeness (QED) is 0.683. The van der Waals surface area contributed by atoms with Crippen LogP contribution >= 0.6 is 0 Å². The number of carbonyl (C=O) groups excluding carboxylic acids is 1. The summed E-state index contributed by atoms with van der Waals surface area (Å²) in [6.07, 6.45) is 0.649. The summed E-state index contributed by atoms with van der Waals surface area (Å²) in [6.45, 7) is 6.20. The van der Waals surface area contributed by atoms with Crippen LogP contribution in [0.3, 0.4) is 0 Å². The van der Waals surface area contributed by atoms with E-state index in [0.717, 1.165) is 0 Å². The summed E-state index contributed by atoms with van der Waals surface area (Å²) in [6, 6.07) is 0.952. The number of halogens is 2. The van der Waals surface area contributed by atoms with E-state index in [1.807, 2.05) is 20.8 Å². The van der Waals surface area contributed by atoms with Crippen molar-refractivity contribution in [3.8, 4) is 0 Å². The molecule has 0 spiro atoms. The van der Waals surface area contributed by atoms with Crippen molar-refractivity contribution in [2.24, 2.45) is 5.41 Å². The zero-order chi connectivity index (χ0) is 15.5. The number of benzene rings is 1. The van der Waals surface area contributed by atoms with E-state index in [0.29, 0.717) is 25.1 Å². The third-order valence-electron chi connectivity index (χ3n) is 2.64. The van der Waals surface area contributed by atoms with Crippen LogP contribution in [0.25, 0.3) is 0 Å². The second-order valence-electron chi connectivity index (χ2n) is 5.61. The molecule has 110 valence electrons. The standard InChI is InChI=1S/C13H16F2N2O3/c1-13(2,3)4-5-16-12(18)8-6-9(14)10(15)7-11(8)17(19)20/h6-7H,4-5H2,1-3H3,(H,16,18). The molecule has 0 heterocycles. The van der Waals surface area contributed by atoms with E-state index < -0.39 is 33.7 Å². The van der Waals surface area contributed by atoms with Gasteiger partial charge in [-0.2, -0.15) is 0 Å². The van der Waals surface area contributed by atoms with Crippen molar-refractivity contribution in [3.63, 3.8) is 0 Å². The van der Waals surface area contributed by atoms with Crippen molar-refractivity contribution in [3.05, 3.63) is 39.4 Å². The van der Waals surface area contributed by atoms with E-state index in [1.165, 1.54) is 0 Å². The van der Waals surface area contributed by atoms with Gasteiger partial charge in [0.25, 0.3) is 11.6 Å². The average molecular weight is 286 g/mol. The Morgan fingerprint density at radius 1 is 1.30 bits per heavy atom. The van der Waals surface area contributed by atoms with E-state index in [-0.39, 0.29) is 5.41 Å². The Hall–Kier alpha value is -2.05. The molecule has 1 rings (SSSR count). The van der Waals surface area contributed by atoms with Gasteiger partial charge in [0, 0.05) is 6.54 Å². The molecule has 0 radical (unpaired) electrons. The summed E-state index contributed by atoms with van der Waals surface area (Å²) >= 11 is 0. The number of nitrogens with zero attached hydrogens (tertiary/aromatic N) is 1. The lowest BCUT2D eigenvalue weighted by atomic mass is 9.92. The molecule has 1 amide bonds. The highest BCUT2D eigenvalue weighted by atomic mass is 19.2. The first kappa shape index (κ1) is 16.0. The first-order chi connectivity index (χ1) is 9.11. The molecule has 0 aliphatic carbocycles. The number of hydrogen-bond acceptors (Lipinski definition) is 3. The zero-order valence-electron chi connectivity index (χ0n) is 11.5. The SMILES string of the molecule is CC(C)(C)CCNC(=O)c1cc(F)c(F)cc1[N+](=O)[O-]. The van der Waals surface area contributed by atoms with Gasteiger partial charge < -0.3 is 5.32 Å². The van der Waals surface area contributed by atoms with Crippen molar-refractivity contribution in [2.75, 3.05) is 6.54 Å². The Bertz CT molecular complexity index is 539. The highest BCUT2D eigenvalue weighted by molar-refractivity contribution is 5.98. The first-order valence-corrected chi connectivity index (χ1v) is 6.03. The molecule has 7 heteroatoms. The minimum absolute atomic E-state index is 0.0206. The molecule has 20 heavy (non-hydrogen) atoms. The zero-order valence-corrected chi connectivity index (χ0v) is 11.5. The fourth-order valence-corrected chi connectivity index (χ4v) is 1.52. The maximum atomic E-state index is 13.1. The van der Waals surface area contributed by atoms with Gasteiger partial charge in [-0.25, -0.2) is 8.78 Å². The van der Waals surface area contributed by atoms with Gasteiger partial charge in [0.2, 0.25) is 0 Å². The number of nitro benzene ring substituents is 1. The molecule has 0 aromatic heterocycles. The van der Waals surface area contributed by atoms with Crippen LogP contribution in [0, 0.1) is 27.2 Å². The smallest absolute Gasteiger partial charge is 0.285 e. The van der Waals surface area contributed by atoms with Crippen LogP contribution < -0.4 is 5.32 Å². The van der Waals surface area contributed by atoms with Crippen LogP contribution in [0.2, 0.25) is 0 Å². The van der Waals surface area contributed by atoms with Gasteiger partial charge in [0.15, 0.2) is 11.6 Å². The largest absolute Gasteiger partial charge is 0.352 e. The highest BCUT2D eigenvalue weighted by Gasteiger charge is 2.24. The topological polar surface area (TPSA) is 72.2 Å². The van der Waals surface area contributed by atoms with Crippen LogP contribution in [0.15, 0.2) is 12.1 Å². The number of carbonyl (C=O) groups is 1. The number of rotatable bonds is 4. The van der Waals surface area contributed by atoms with Gasteiger partial charge in [-0.3, -0.25) is 14.9 Å². The lowest BCUT2D eigenvalue weighted by Crippen LogP contribution is -2.28. The number of nitro groups is 1. The molecule has 0 unspecified atom stereocenters. The lowest BCUT2D eigenvalue weighted by Gasteiger charge is -2.18. The fourth-order valence-electron chi connectivity index (χ4n) is 1.52. The summed E-state index contributed by atoms with van der Waals surface area (Å²) in [5, 5.41) is 13.2. The second kappa shape index (κ2) is 5.94. The van der Waals surface area contributed by atoms with Gasteiger partial charge in [-0.05, 0) is 17.9 Å². The van der Waals surface area contributed by atoms with Gasteiger partial charge in [-0.15, -0.1) is 0 Å². The van der Waals surface area contributed by atoms with Gasteiger partial charge in [0.05, 0.1) is 11.0 Å². The first-order valence-electron chi connectivity index (χ1n) is 6.03. The van der Waals surface area contributed by atoms with Gasteiger partial charge in [0.1, 0.15) is 5.56 Å². The maximum absolute atomic E-state index is 13.1. The third-order valence-corrected chi connectivity index (χ3v) is 2.64. The monoisotopic (exact) mass is 286 g/mol. The van der Waals surface area contributed by atoms with E-state index in [1.54, 1.807) is 0 Å². The summed E-state index contributed by atoms with van der Waals surface area (Å²) in [4.78, 5) is 21.7. The molecule has 0 aliphatic heterocycles. The molecular formula is C13H16F2N2O3. The molecule has 0 saturated heterocycles. The summed E-state index contributed by atoms with van der Waals surface area (Å²) in [5.41, 5.74) is -1.26. The van der Waals surface area contributed by atoms with Gasteiger partial charge >= 0.3 is 0 Å². The molecule has 5 nitrogen and oxygen atoms in total. The minimum atomic E-state index is -1.36. The van der Waals surface area contributed by atoms with Gasteiger partial charge in [-0.1, -0.05) is 20.8 Å². The Morgan fingerprint density at radius 2 is 1.85 bits per heavy atom.